The van der Waals surface area contributed by atoms with E-state index in [9.17, 15) is 19.7 Å². The molecule has 8 nitrogen and oxygen atoms in total. The zero-order valence-electron chi connectivity index (χ0n) is 16.0. The van der Waals surface area contributed by atoms with E-state index in [1.54, 1.807) is 24.3 Å². The molecule has 0 N–H and O–H groups in total. The lowest BCUT2D eigenvalue weighted by Crippen LogP contribution is -2.39. The SMILES string of the molecule is COc1ccc(C(=O)N2CCCSC2=Nc2ccc(C(C)=O)cc2)cc1[N+](=O)[O-]. The van der Waals surface area contributed by atoms with Crippen LogP contribution in [0.3, 0.4) is 0 Å². The smallest absolute Gasteiger partial charge is 0.311 e. The number of ether oxygens (including phenoxy) is 1. The first-order chi connectivity index (χ1) is 13.9. The third kappa shape index (κ3) is 4.62. The second kappa shape index (κ2) is 8.87. The molecule has 0 unspecified atom stereocenters. The molecule has 1 saturated heterocycles. The van der Waals surface area contributed by atoms with Crippen molar-refractivity contribution >= 4 is 40.0 Å². The molecule has 2 aromatic rings. The van der Waals surface area contributed by atoms with Crippen molar-refractivity contribution in [3.8, 4) is 5.75 Å². The van der Waals surface area contributed by atoms with Gasteiger partial charge in [0.1, 0.15) is 0 Å². The highest BCUT2D eigenvalue weighted by Crippen LogP contribution is 2.30. The second-order valence-corrected chi connectivity index (χ2v) is 7.36. The van der Waals surface area contributed by atoms with Crippen LogP contribution < -0.4 is 4.74 Å². The Hall–Kier alpha value is -3.20. The number of thioether (sulfide) groups is 1. The highest BCUT2D eigenvalue weighted by Gasteiger charge is 2.27. The maximum absolute atomic E-state index is 13.0. The molecule has 0 radical (unpaired) electrons. The molecule has 0 bridgehead atoms. The van der Waals surface area contributed by atoms with Gasteiger partial charge in [-0.25, -0.2) is 4.99 Å². The number of methoxy groups -OCH3 is 1. The fourth-order valence-corrected chi connectivity index (χ4v) is 3.80. The topological polar surface area (TPSA) is 102 Å². The van der Waals surface area contributed by atoms with Gasteiger partial charge in [-0.05, 0) is 49.7 Å². The molecular weight excluding hydrogens is 394 g/mol. The molecule has 3 rings (SSSR count). The van der Waals surface area contributed by atoms with Crippen molar-refractivity contribution in [2.45, 2.75) is 13.3 Å². The number of hydrogen-bond acceptors (Lipinski definition) is 7. The molecule has 0 aromatic heterocycles. The van der Waals surface area contributed by atoms with Gasteiger partial charge in [0.2, 0.25) is 0 Å². The molecule has 1 fully saturated rings. The molecule has 1 amide bonds. The van der Waals surface area contributed by atoms with E-state index in [2.05, 4.69) is 4.99 Å². The largest absolute Gasteiger partial charge is 0.490 e. The number of nitro groups is 1. The van der Waals surface area contributed by atoms with Crippen molar-refractivity contribution < 1.29 is 19.2 Å². The van der Waals surface area contributed by atoms with Crippen molar-refractivity contribution in [1.82, 2.24) is 4.90 Å². The second-order valence-electron chi connectivity index (χ2n) is 6.30. The van der Waals surface area contributed by atoms with E-state index < -0.39 is 4.92 Å². The Morgan fingerprint density at radius 2 is 1.86 bits per heavy atom. The van der Waals surface area contributed by atoms with Crippen LogP contribution >= 0.6 is 11.8 Å². The molecule has 9 heteroatoms. The Morgan fingerprint density at radius 1 is 1.17 bits per heavy atom. The molecule has 1 heterocycles. The highest BCUT2D eigenvalue weighted by atomic mass is 32.2. The van der Waals surface area contributed by atoms with E-state index in [-0.39, 0.29) is 28.7 Å². The van der Waals surface area contributed by atoms with E-state index in [1.807, 2.05) is 0 Å². The van der Waals surface area contributed by atoms with Crippen molar-refractivity contribution in [2.24, 2.45) is 4.99 Å². The molecule has 150 valence electrons. The molecular formula is C20H19N3O5S. The average molecular weight is 413 g/mol. The maximum Gasteiger partial charge on any atom is 0.311 e. The molecule has 0 saturated carbocycles. The number of aliphatic imine (C=N–C) groups is 1. The molecule has 29 heavy (non-hydrogen) atoms. The minimum absolute atomic E-state index is 0.0332. The summed E-state index contributed by atoms with van der Waals surface area (Å²) >= 11 is 1.45. The lowest BCUT2D eigenvalue weighted by Gasteiger charge is -2.27. The summed E-state index contributed by atoms with van der Waals surface area (Å²) in [5, 5.41) is 11.8. The van der Waals surface area contributed by atoms with Gasteiger partial charge in [0.25, 0.3) is 5.91 Å². The maximum atomic E-state index is 13.0. The minimum atomic E-state index is -0.577. The normalized spacial score (nSPS) is 15.2. The third-order valence-corrected chi connectivity index (χ3v) is 5.42. The number of amidine groups is 1. The fourth-order valence-electron chi connectivity index (χ4n) is 2.84. The first-order valence-electron chi connectivity index (χ1n) is 8.87. The van der Waals surface area contributed by atoms with Crippen molar-refractivity contribution in [1.29, 1.82) is 0 Å². The van der Waals surface area contributed by atoms with Crippen LogP contribution in [0, 0.1) is 10.1 Å². The average Bonchev–Trinajstić information content (AvgIpc) is 2.73. The van der Waals surface area contributed by atoms with E-state index in [4.69, 9.17) is 4.74 Å². The Bertz CT molecular complexity index is 988. The third-order valence-electron chi connectivity index (χ3n) is 4.35. The van der Waals surface area contributed by atoms with Crippen LogP contribution in [0.2, 0.25) is 0 Å². The molecule has 1 aliphatic rings. The molecule has 0 aliphatic carbocycles. The summed E-state index contributed by atoms with van der Waals surface area (Å²) in [6.45, 7) is 1.96. The summed E-state index contributed by atoms with van der Waals surface area (Å²) in [6, 6.07) is 11.0. The van der Waals surface area contributed by atoms with E-state index in [0.717, 1.165) is 12.2 Å². The predicted octanol–water partition coefficient (Wildman–Crippen LogP) is 4.07. The number of carbonyl (C=O) groups is 2. The van der Waals surface area contributed by atoms with E-state index in [0.29, 0.717) is 23.0 Å². The Balaban J connectivity index is 1.91. The van der Waals surface area contributed by atoms with Gasteiger partial charge in [0, 0.05) is 29.5 Å². The van der Waals surface area contributed by atoms with Crippen LogP contribution in [0.4, 0.5) is 11.4 Å². The predicted molar refractivity (Wildman–Crippen MR) is 111 cm³/mol. The number of benzene rings is 2. The van der Waals surface area contributed by atoms with Crippen molar-refractivity contribution in [3.05, 3.63) is 63.7 Å². The molecule has 0 atom stereocenters. The van der Waals surface area contributed by atoms with Crippen LogP contribution in [0.15, 0.2) is 47.5 Å². The number of hydrogen-bond donors (Lipinski definition) is 0. The lowest BCUT2D eigenvalue weighted by molar-refractivity contribution is -0.385. The highest BCUT2D eigenvalue weighted by molar-refractivity contribution is 8.13. The minimum Gasteiger partial charge on any atom is -0.490 e. The first kappa shape index (κ1) is 20.5. The number of ketones is 1. The van der Waals surface area contributed by atoms with E-state index in [1.165, 1.54) is 48.9 Å². The van der Waals surface area contributed by atoms with Gasteiger partial charge in [-0.1, -0.05) is 11.8 Å². The monoisotopic (exact) mass is 413 g/mol. The summed E-state index contributed by atoms with van der Waals surface area (Å²) in [4.78, 5) is 41.2. The summed E-state index contributed by atoms with van der Waals surface area (Å²) < 4.78 is 5.00. The van der Waals surface area contributed by atoms with Gasteiger partial charge >= 0.3 is 5.69 Å². The molecule has 1 aliphatic heterocycles. The van der Waals surface area contributed by atoms with Crippen molar-refractivity contribution in [2.75, 3.05) is 19.4 Å². The Kier molecular flexibility index (Phi) is 6.28. The zero-order chi connectivity index (χ0) is 21.0. The lowest BCUT2D eigenvalue weighted by atomic mass is 10.1. The quantitative estimate of drug-likeness (QED) is 0.416. The zero-order valence-corrected chi connectivity index (χ0v) is 16.8. The molecule has 0 spiro atoms. The number of rotatable bonds is 5. The van der Waals surface area contributed by atoms with Crippen LogP contribution in [0.25, 0.3) is 0 Å². The first-order valence-corrected chi connectivity index (χ1v) is 9.86. The Morgan fingerprint density at radius 3 is 2.48 bits per heavy atom. The number of Topliss-reactive ketones (excluding diaryl/α,β-unsaturated/α-hetero) is 1. The van der Waals surface area contributed by atoms with Crippen LogP contribution in [0.5, 0.6) is 5.75 Å². The summed E-state index contributed by atoms with van der Waals surface area (Å²) in [6.07, 6.45) is 0.789. The summed E-state index contributed by atoms with van der Waals surface area (Å²) in [5.74, 6) is 0.520. The fraction of sp³-hybridized carbons (Fsp3) is 0.250. The van der Waals surface area contributed by atoms with Gasteiger partial charge in [0.05, 0.1) is 17.7 Å². The summed E-state index contributed by atoms with van der Waals surface area (Å²) in [7, 11) is 1.34. The van der Waals surface area contributed by atoms with Gasteiger partial charge in [-0.2, -0.15) is 0 Å². The summed E-state index contributed by atoms with van der Waals surface area (Å²) in [5.41, 5.74) is 1.14. The molecule has 2 aromatic carbocycles. The Labute approximate surface area is 171 Å². The van der Waals surface area contributed by atoms with Crippen LogP contribution in [0.1, 0.15) is 34.1 Å². The van der Waals surface area contributed by atoms with Gasteiger partial charge < -0.3 is 4.74 Å². The van der Waals surface area contributed by atoms with Crippen molar-refractivity contribution in [3.63, 3.8) is 0 Å². The number of nitro benzene ring substituents is 1. The van der Waals surface area contributed by atoms with Gasteiger partial charge in [0.15, 0.2) is 16.7 Å². The van der Waals surface area contributed by atoms with Gasteiger partial charge in [-0.3, -0.25) is 24.6 Å². The van der Waals surface area contributed by atoms with Crippen LogP contribution in [-0.2, 0) is 0 Å². The van der Waals surface area contributed by atoms with E-state index >= 15 is 0 Å². The number of amides is 1. The standard InChI is InChI=1S/C20H19N3O5S/c1-13(24)14-4-7-16(8-5-14)21-20-22(10-3-11-29-20)19(25)15-6-9-18(28-2)17(12-15)23(26)27/h4-9,12H,3,10-11H2,1-2H3. The van der Waals surface area contributed by atoms with Crippen LogP contribution in [-0.4, -0.2) is 46.1 Å². The van der Waals surface area contributed by atoms with Gasteiger partial charge in [-0.15, -0.1) is 0 Å². The number of nitrogens with zero attached hydrogens (tertiary/aromatic N) is 3. The number of carbonyl (C=O) groups excluding carboxylic acids is 2.